The molecule has 0 aromatic heterocycles. The molecule has 1 rings (SSSR count). The SMILES string of the molecule is C=CCc1cccc(C[C@H](NC(=O)OC(C)(C)C)C(=O)O)c1. The Kier molecular flexibility index (Phi) is 6.16. The molecule has 0 bridgehead atoms. The number of ether oxygens (including phenoxy) is 1. The van der Waals surface area contributed by atoms with Gasteiger partial charge in [0.2, 0.25) is 0 Å². The smallest absolute Gasteiger partial charge is 0.408 e. The Hall–Kier alpha value is -2.30. The summed E-state index contributed by atoms with van der Waals surface area (Å²) >= 11 is 0. The number of alkyl carbamates (subject to hydrolysis) is 1. The molecule has 0 radical (unpaired) electrons. The summed E-state index contributed by atoms with van der Waals surface area (Å²) in [6.07, 6.45) is 1.96. The maximum Gasteiger partial charge on any atom is 0.408 e. The van der Waals surface area contributed by atoms with Crippen molar-refractivity contribution in [3.8, 4) is 0 Å². The molecule has 0 aliphatic heterocycles. The van der Waals surface area contributed by atoms with Gasteiger partial charge in [-0.3, -0.25) is 0 Å². The number of allylic oxidation sites excluding steroid dienone is 1. The molecule has 120 valence electrons. The zero-order valence-corrected chi connectivity index (χ0v) is 13.3. The standard InChI is InChI=1S/C17H23NO4/c1-5-7-12-8-6-9-13(10-12)11-14(15(19)20)18-16(21)22-17(2,3)4/h5-6,8-10,14H,1,7,11H2,2-4H3,(H,18,21)(H,19,20)/t14-/m0/s1. The molecule has 5 nitrogen and oxygen atoms in total. The summed E-state index contributed by atoms with van der Waals surface area (Å²) < 4.78 is 5.09. The zero-order chi connectivity index (χ0) is 16.8. The van der Waals surface area contributed by atoms with Gasteiger partial charge >= 0.3 is 12.1 Å². The number of nitrogens with one attached hydrogen (secondary N) is 1. The predicted octanol–water partition coefficient (Wildman–Crippen LogP) is 2.94. The molecule has 1 aromatic rings. The number of carbonyl (C=O) groups is 2. The lowest BCUT2D eigenvalue weighted by molar-refractivity contribution is -0.139. The third-order valence-corrected chi connectivity index (χ3v) is 2.80. The largest absolute Gasteiger partial charge is 0.480 e. The van der Waals surface area contributed by atoms with Gasteiger partial charge in [-0.05, 0) is 38.3 Å². The number of carboxylic acids is 1. The number of aliphatic carboxylic acids is 1. The zero-order valence-electron chi connectivity index (χ0n) is 13.3. The van der Waals surface area contributed by atoms with Crippen molar-refractivity contribution in [3.05, 3.63) is 48.0 Å². The van der Waals surface area contributed by atoms with Gasteiger partial charge in [0.25, 0.3) is 0 Å². The van der Waals surface area contributed by atoms with Gasteiger partial charge in [-0.2, -0.15) is 0 Å². The fourth-order valence-electron chi connectivity index (χ4n) is 1.94. The highest BCUT2D eigenvalue weighted by Crippen LogP contribution is 2.11. The Morgan fingerprint density at radius 1 is 1.36 bits per heavy atom. The molecule has 0 heterocycles. The van der Waals surface area contributed by atoms with E-state index in [2.05, 4.69) is 11.9 Å². The first kappa shape index (κ1) is 17.8. The Bertz CT molecular complexity index is 546. The second-order valence-corrected chi connectivity index (χ2v) is 6.05. The van der Waals surface area contributed by atoms with Crippen molar-refractivity contribution in [2.24, 2.45) is 0 Å². The van der Waals surface area contributed by atoms with Gasteiger partial charge in [0.05, 0.1) is 0 Å². The minimum absolute atomic E-state index is 0.194. The lowest BCUT2D eigenvalue weighted by Gasteiger charge is -2.22. The summed E-state index contributed by atoms with van der Waals surface area (Å²) in [7, 11) is 0. The van der Waals surface area contributed by atoms with Gasteiger partial charge in [-0.1, -0.05) is 30.3 Å². The maximum atomic E-state index is 11.7. The number of carbonyl (C=O) groups excluding carboxylic acids is 1. The molecule has 0 saturated heterocycles. The van der Waals surface area contributed by atoms with Crippen molar-refractivity contribution in [2.45, 2.75) is 45.3 Å². The number of hydrogen-bond acceptors (Lipinski definition) is 3. The first-order valence-electron chi connectivity index (χ1n) is 7.12. The number of hydrogen-bond donors (Lipinski definition) is 2. The molecule has 5 heteroatoms. The van der Waals surface area contributed by atoms with Gasteiger partial charge in [0.1, 0.15) is 11.6 Å². The summed E-state index contributed by atoms with van der Waals surface area (Å²) in [6.45, 7) is 8.85. The number of amides is 1. The lowest BCUT2D eigenvalue weighted by atomic mass is 10.0. The molecule has 1 aromatic carbocycles. The first-order valence-corrected chi connectivity index (χ1v) is 7.12. The van der Waals surface area contributed by atoms with Crippen molar-refractivity contribution in [1.82, 2.24) is 5.32 Å². The van der Waals surface area contributed by atoms with E-state index in [0.717, 1.165) is 11.1 Å². The molecule has 0 spiro atoms. The Balaban J connectivity index is 2.76. The monoisotopic (exact) mass is 305 g/mol. The summed E-state index contributed by atoms with van der Waals surface area (Å²) in [5.74, 6) is -1.10. The Morgan fingerprint density at radius 2 is 2.00 bits per heavy atom. The molecular weight excluding hydrogens is 282 g/mol. The van der Waals surface area contributed by atoms with Crippen LogP contribution in [-0.4, -0.2) is 28.8 Å². The minimum Gasteiger partial charge on any atom is -0.480 e. The quantitative estimate of drug-likeness (QED) is 0.792. The molecule has 22 heavy (non-hydrogen) atoms. The van der Waals surface area contributed by atoms with E-state index >= 15 is 0 Å². The van der Waals surface area contributed by atoms with E-state index in [1.165, 1.54) is 0 Å². The van der Waals surface area contributed by atoms with Crippen LogP contribution in [0.2, 0.25) is 0 Å². The van der Waals surface area contributed by atoms with Crippen LogP contribution in [0.4, 0.5) is 4.79 Å². The lowest BCUT2D eigenvalue weighted by Crippen LogP contribution is -2.44. The van der Waals surface area contributed by atoms with Crippen LogP contribution in [0.25, 0.3) is 0 Å². The third kappa shape index (κ3) is 6.43. The summed E-state index contributed by atoms with van der Waals surface area (Å²) in [5.41, 5.74) is 1.22. The van der Waals surface area contributed by atoms with Gasteiger partial charge in [-0.25, -0.2) is 9.59 Å². The second-order valence-electron chi connectivity index (χ2n) is 6.05. The van der Waals surface area contributed by atoms with Crippen LogP contribution in [0, 0.1) is 0 Å². The predicted molar refractivity (Wildman–Crippen MR) is 84.8 cm³/mol. The highest BCUT2D eigenvalue weighted by molar-refractivity contribution is 5.80. The van der Waals surface area contributed by atoms with Crippen LogP contribution in [0.15, 0.2) is 36.9 Å². The summed E-state index contributed by atoms with van der Waals surface area (Å²) in [4.78, 5) is 23.1. The van der Waals surface area contributed by atoms with Crippen molar-refractivity contribution >= 4 is 12.1 Å². The molecule has 2 N–H and O–H groups in total. The average molecular weight is 305 g/mol. The number of carboxylic acid groups (broad SMARTS) is 1. The molecule has 0 saturated carbocycles. The molecule has 0 aliphatic rings. The van der Waals surface area contributed by atoms with Crippen LogP contribution >= 0.6 is 0 Å². The second kappa shape index (κ2) is 7.64. The van der Waals surface area contributed by atoms with Crippen molar-refractivity contribution in [3.63, 3.8) is 0 Å². The topological polar surface area (TPSA) is 75.6 Å². The fraction of sp³-hybridized carbons (Fsp3) is 0.412. The molecule has 1 atom stereocenters. The highest BCUT2D eigenvalue weighted by atomic mass is 16.6. The van der Waals surface area contributed by atoms with Crippen LogP contribution in [0.3, 0.4) is 0 Å². The Morgan fingerprint density at radius 3 is 2.55 bits per heavy atom. The highest BCUT2D eigenvalue weighted by Gasteiger charge is 2.24. The molecule has 0 aliphatic carbocycles. The normalized spacial score (nSPS) is 12.3. The van der Waals surface area contributed by atoms with E-state index in [9.17, 15) is 14.7 Å². The molecule has 0 unspecified atom stereocenters. The van der Waals surface area contributed by atoms with Gasteiger partial charge < -0.3 is 15.2 Å². The van der Waals surface area contributed by atoms with Crippen molar-refractivity contribution < 1.29 is 19.4 Å². The van der Waals surface area contributed by atoms with Crippen LogP contribution in [-0.2, 0) is 22.4 Å². The molecule has 0 fully saturated rings. The van der Waals surface area contributed by atoms with Gasteiger partial charge in [0.15, 0.2) is 0 Å². The molecule has 1 amide bonds. The van der Waals surface area contributed by atoms with Crippen LogP contribution < -0.4 is 5.32 Å². The van der Waals surface area contributed by atoms with E-state index in [-0.39, 0.29) is 6.42 Å². The number of rotatable bonds is 6. The first-order chi connectivity index (χ1) is 10.2. The maximum absolute atomic E-state index is 11.7. The van der Waals surface area contributed by atoms with Crippen LogP contribution in [0.1, 0.15) is 31.9 Å². The van der Waals surface area contributed by atoms with E-state index in [1.54, 1.807) is 26.8 Å². The van der Waals surface area contributed by atoms with E-state index in [1.807, 2.05) is 24.3 Å². The minimum atomic E-state index is -1.10. The summed E-state index contributed by atoms with van der Waals surface area (Å²) in [5, 5.41) is 11.7. The van der Waals surface area contributed by atoms with Crippen LogP contribution in [0.5, 0.6) is 0 Å². The average Bonchev–Trinajstić information content (AvgIpc) is 2.36. The van der Waals surface area contributed by atoms with Gasteiger partial charge in [0, 0.05) is 6.42 Å². The van der Waals surface area contributed by atoms with Crippen molar-refractivity contribution in [1.29, 1.82) is 0 Å². The van der Waals surface area contributed by atoms with Gasteiger partial charge in [-0.15, -0.1) is 6.58 Å². The fourth-order valence-corrected chi connectivity index (χ4v) is 1.94. The molecular formula is C17H23NO4. The number of benzene rings is 1. The third-order valence-electron chi connectivity index (χ3n) is 2.80. The Labute approximate surface area is 131 Å². The van der Waals surface area contributed by atoms with E-state index in [0.29, 0.717) is 6.42 Å². The van der Waals surface area contributed by atoms with E-state index in [4.69, 9.17) is 4.74 Å². The van der Waals surface area contributed by atoms with Crippen molar-refractivity contribution in [2.75, 3.05) is 0 Å². The van der Waals surface area contributed by atoms with E-state index < -0.39 is 23.7 Å². The summed E-state index contributed by atoms with van der Waals surface area (Å²) in [6, 6.07) is 6.52.